The number of carboxylic acids is 1. The SMILES string of the molecule is O=C(O)CC(=O)Nc1nc2c(s1)C[C@@H](NC(=O)c1cc(Br)c(Br)[nH]1)CC2. The maximum atomic E-state index is 12.3. The third kappa shape index (κ3) is 4.51. The zero-order valence-electron chi connectivity index (χ0n) is 13.3. The van der Waals surface area contributed by atoms with Gasteiger partial charge in [-0.2, -0.15) is 0 Å². The van der Waals surface area contributed by atoms with Gasteiger partial charge in [0.05, 0.1) is 14.8 Å². The molecule has 1 aliphatic rings. The van der Waals surface area contributed by atoms with E-state index in [0.717, 1.165) is 21.5 Å². The monoisotopic (exact) mass is 504 g/mol. The molecule has 0 unspecified atom stereocenters. The molecule has 0 saturated heterocycles. The van der Waals surface area contributed by atoms with E-state index in [9.17, 15) is 14.4 Å². The van der Waals surface area contributed by atoms with E-state index >= 15 is 0 Å². The fraction of sp³-hybridized carbons (Fsp3) is 0.333. The lowest BCUT2D eigenvalue weighted by Gasteiger charge is -2.22. The van der Waals surface area contributed by atoms with Crippen LogP contribution in [-0.2, 0) is 22.4 Å². The Morgan fingerprint density at radius 1 is 1.38 bits per heavy atom. The van der Waals surface area contributed by atoms with Crippen molar-refractivity contribution < 1.29 is 19.5 Å². The number of carbonyl (C=O) groups excluding carboxylic acids is 2. The molecular formula is C15H14Br2N4O4S. The quantitative estimate of drug-likeness (QED) is 0.465. The largest absolute Gasteiger partial charge is 0.481 e. The van der Waals surface area contributed by atoms with Crippen molar-refractivity contribution >= 4 is 66.1 Å². The number of aliphatic carboxylic acids is 1. The summed E-state index contributed by atoms with van der Waals surface area (Å²) in [6.45, 7) is 0. The molecule has 0 spiro atoms. The summed E-state index contributed by atoms with van der Waals surface area (Å²) in [5.74, 6) is -1.98. The Morgan fingerprint density at radius 3 is 2.81 bits per heavy atom. The molecule has 0 fully saturated rings. The van der Waals surface area contributed by atoms with E-state index in [0.29, 0.717) is 28.3 Å². The van der Waals surface area contributed by atoms with Crippen LogP contribution in [0.15, 0.2) is 15.1 Å². The van der Waals surface area contributed by atoms with Crippen LogP contribution in [0.25, 0.3) is 0 Å². The molecule has 26 heavy (non-hydrogen) atoms. The number of rotatable bonds is 5. The second kappa shape index (κ2) is 7.89. The summed E-state index contributed by atoms with van der Waals surface area (Å²) in [5, 5.41) is 14.5. The topological polar surface area (TPSA) is 124 Å². The fourth-order valence-corrected chi connectivity index (χ4v) is 4.40. The number of hydrogen-bond acceptors (Lipinski definition) is 5. The van der Waals surface area contributed by atoms with Gasteiger partial charge >= 0.3 is 5.97 Å². The zero-order valence-corrected chi connectivity index (χ0v) is 17.3. The van der Waals surface area contributed by atoms with Crippen LogP contribution in [0.5, 0.6) is 0 Å². The molecular weight excluding hydrogens is 492 g/mol. The Bertz CT molecular complexity index is 860. The van der Waals surface area contributed by atoms with Crippen molar-refractivity contribution in [2.24, 2.45) is 0 Å². The predicted octanol–water partition coefficient (Wildman–Crippen LogP) is 2.70. The molecule has 2 aromatic heterocycles. The second-order valence-corrected chi connectivity index (χ2v) is 8.50. The summed E-state index contributed by atoms with van der Waals surface area (Å²) in [5.41, 5.74) is 1.34. The van der Waals surface area contributed by atoms with Crippen LogP contribution in [0.4, 0.5) is 5.13 Å². The summed E-state index contributed by atoms with van der Waals surface area (Å²) >= 11 is 7.95. The van der Waals surface area contributed by atoms with Crippen molar-refractivity contribution in [3.63, 3.8) is 0 Å². The lowest BCUT2D eigenvalue weighted by atomic mass is 9.97. The molecule has 3 rings (SSSR count). The van der Waals surface area contributed by atoms with Crippen LogP contribution in [0.3, 0.4) is 0 Å². The molecule has 1 aliphatic carbocycles. The summed E-state index contributed by atoms with van der Waals surface area (Å²) in [6, 6.07) is 1.68. The molecule has 2 aromatic rings. The van der Waals surface area contributed by atoms with Crippen molar-refractivity contribution in [3.8, 4) is 0 Å². The lowest BCUT2D eigenvalue weighted by Crippen LogP contribution is -2.38. The summed E-state index contributed by atoms with van der Waals surface area (Å²) < 4.78 is 1.48. The Labute approximate surface area is 169 Å². The molecule has 2 amide bonds. The van der Waals surface area contributed by atoms with Gasteiger partial charge in [0.15, 0.2) is 5.13 Å². The average molecular weight is 506 g/mol. The van der Waals surface area contributed by atoms with Crippen LogP contribution < -0.4 is 10.6 Å². The molecule has 0 aliphatic heterocycles. The third-order valence-corrected chi connectivity index (χ3v) is 6.62. The van der Waals surface area contributed by atoms with Crippen LogP contribution in [0.2, 0.25) is 0 Å². The molecule has 0 aromatic carbocycles. The summed E-state index contributed by atoms with van der Waals surface area (Å²) in [6.07, 6.45) is 1.46. The molecule has 0 bridgehead atoms. The Hall–Kier alpha value is -1.72. The molecule has 1 atom stereocenters. The molecule has 138 valence electrons. The second-order valence-electron chi connectivity index (χ2n) is 5.77. The fourth-order valence-electron chi connectivity index (χ4n) is 2.64. The highest BCUT2D eigenvalue weighted by molar-refractivity contribution is 9.13. The number of aromatic nitrogens is 2. The van der Waals surface area contributed by atoms with Gasteiger partial charge in [-0.05, 0) is 50.8 Å². The van der Waals surface area contributed by atoms with E-state index in [4.69, 9.17) is 5.11 Å². The van der Waals surface area contributed by atoms with Gasteiger partial charge in [0, 0.05) is 17.3 Å². The highest BCUT2D eigenvalue weighted by atomic mass is 79.9. The number of amides is 2. The van der Waals surface area contributed by atoms with Crippen LogP contribution in [-0.4, -0.2) is 38.9 Å². The number of carboxylic acid groups (broad SMARTS) is 1. The molecule has 11 heteroatoms. The van der Waals surface area contributed by atoms with Crippen molar-refractivity contribution in [1.82, 2.24) is 15.3 Å². The van der Waals surface area contributed by atoms with E-state index < -0.39 is 18.3 Å². The minimum absolute atomic E-state index is 0.0288. The van der Waals surface area contributed by atoms with Crippen LogP contribution >= 0.6 is 43.2 Å². The predicted molar refractivity (Wildman–Crippen MR) is 102 cm³/mol. The highest BCUT2D eigenvalue weighted by Crippen LogP contribution is 2.30. The van der Waals surface area contributed by atoms with Crippen LogP contribution in [0.1, 0.15) is 33.9 Å². The molecule has 4 N–H and O–H groups in total. The van der Waals surface area contributed by atoms with Crippen LogP contribution in [0, 0.1) is 0 Å². The number of nitrogens with one attached hydrogen (secondary N) is 3. The van der Waals surface area contributed by atoms with Gasteiger partial charge < -0.3 is 20.7 Å². The number of carbonyl (C=O) groups is 3. The number of thiazole rings is 1. The molecule has 8 nitrogen and oxygen atoms in total. The molecule has 0 radical (unpaired) electrons. The number of halogens is 2. The third-order valence-electron chi connectivity index (χ3n) is 3.80. The van der Waals surface area contributed by atoms with E-state index in [-0.39, 0.29) is 11.9 Å². The lowest BCUT2D eigenvalue weighted by molar-refractivity contribution is -0.139. The number of nitrogens with zero attached hydrogens (tertiary/aromatic N) is 1. The first-order chi connectivity index (χ1) is 12.3. The average Bonchev–Trinajstić information content (AvgIpc) is 3.09. The van der Waals surface area contributed by atoms with E-state index in [1.54, 1.807) is 6.07 Å². The first-order valence-electron chi connectivity index (χ1n) is 7.67. The number of anilines is 1. The van der Waals surface area contributed by atoms with Gasteiger partial charge in [-0.3, -0.25) is 14.4 Å². The van der Waals surface area contributed by atoms with Crippen molar-refractivity contribution in [1.29, 1.82) is 0 Å². The minimum Gasteiger partial charge on any atom is -0.481 e. The van der Waals surface area contributed by atoms with Crippen molar-refractivity contribution in [2.75, 3.05) is 5.32 Å². The smallest absolute Gasteiger partial charge is 0.312 e. The summed E-state index contributed by atoms with van der Waals surface area (Å²) in [7, 11) is 0. The van der Waals surface area contributed by atoms with Gasteiger partial charge in [0.25, 0.3) is 5.91 Å². The number of aromatic amines is 1. The normalized spacial score (nSPS) is 16.0. The number of aryl methyl sites for hydroxylation is 1. The first kappa shape index (κ1) is 19.1. The standard InChI is InChI=1S/C15H14Br2N4O4S/c16-7-4-9(19-13(7)17)14(25)18-6-1-2-8-10(3-6)26-15(20-8)21-11(22)5-12(23)24/h4,6,19H,1-3,5H2,(H,18,25)(H,23,24)(H,20,21,22)/t6-/m0/s1. The van der Waals surface area contributed by atoms with Crippen molar-refractivity contribution in [2.45, 2.75) is 31.7 Å². The number of hydrogen-bond donors (Lipinski definition) is 4. The van der Waals surface area contributed by atoms with Crippen molar-refractivity contribution in [3.05, 3.63) is 31.4 Å². The summed E-state index contributed by atoms with van der Waals surface area (Å²) in [4.78, 5) is 42.7. The highest BCUT2D eigenvalue weighted by Gasteiger charge is 2.25. The van der Waals surface area contributed by atoms with E-state index in [1.807, 2.05) is 0 Å². The maximum absolute atomic E-state index is 12.3. The Morgan fingerprint density at radius 2 is 2.15 bits per heavy atom. The maximum Gasteiger partial charge on any atom is 0.312 e. The molecule has 2 heterocycles. The van der Waals surface area contributed by atoms with E-state index in [1.165, 1.54) is 11.3 Å². The Balaban J connectivity index is 1.61. The zero-order chi connectivity index (χ0) is 18.8. The van der Waals surface area contributed by atoms with Gasteiger partial charge in [0.1, 0.15) is 12.1 Å². The minimum atomic E-state index is -1.19. The first-order valence-corrected chi connectivity index (χ1v) is 10.1. The number of fused-ring (bicyclic) bond motifs is 1. The van der Waals surface area contributed by atoms with E-state index in [2.05, 4.69) is 52.5 Å². The Kier molecular flexibility index (Phi) is 5.78. The van der Waals surface area contributed by atoms with Gasteiger partial charge in [-0.25, -0.2) is 4.98 Å². The van der Waals surface area contributed by atoms with Gasteiger partial charge in [0.2, 0.25) is 5.91 Å². The number of H-pyrrole nitrogens is 1. The van der Waals surface area contributed by atoms with Gasteiger partial charge in [-0.15, -0.1) is 11.3 Å². The molecule has 0 saturated carbocycles. The van der Waals surface area contributed by atoms with Gasteiger partial charge in [-0.1, -0.05) is 0 Å².